The van der Waals surface area contributed by atoms with Crippen molar-refractivity contribution in [3.63, 3.8) is 0 Å². The zero-order chi connectivity index (χ0) is 15.1. The highest BCUT2D eigenvalue weighted by Gasteiger charge is 2.33. The smallest absolute Gasteiger partial charge is 0.223 e. The van der Waals surface area contributed by atoms with E-state index in [9.17, 15) is 4.79 Å². The van der Waals surface area contributed by atoms with Crippen molar-refractivity contribution in [1.29, 1.82) is 0 Å². The molecule has 0 aliphatic carbocycles. The molecule has 0 spiro atoms. The largest absolute Gasteiger partial charge is 0.324 e. The summed E-state index contributed by atoms with van der Waals surface area (Å²) in [6.07, 6.45) is 1.97. The summed E-state index contributed by atoms with van der Waals surface area (Å²) >= 11 is 0. The molecule has 20 heavy (non-hydrogen) atoms. The first-order valence-electron chi connectivity index (χ1n) is 7.49. The van der Waals surface area contributed by atoms with Gasteiger partial charge in [-0.3, -0.25) is 4.79 Å². The van der Waals surface area contributed by atoms with E-state index in [0.717, 1.165) is 30.6 Å². The van der Waals surface area contributed by atoms with Gasteiger partial charge in [-0.1, -0.05) is 26.8 Å². The van der Waals surface area contributed by atoms with E-state index in [0.29, 0.717) is 0 Å². The van der Waals surface area contributed by atoms with Crippen molar-refractivity contribution in [2.75, 3.05) is 11.4 Å². The highest BCUT2D eigenvalue weighted by atomic mass is 16.2. The van der Waals surface area contributed by atoms with E-state index in [1.165, 1.54) is 11.1 Å². The number of hydrogen-bond donors (Lipinski definition) is 1. The number of hydrogen-bond acceptors (Lipinski definition) is 2. The van der Waals surface area contributed by atoms with Crippen LogP contribution in [0.1, 0.15) is 63.8 Å². The first-order chi connectivity index (χ1) is 9.27. The minimum absolute atomic E-state index is 0.00547. The predicted molar refractivity (Wildman–Crippen MR) is 84.1 cm³/mol. The molecule has 1 aliphatic rings. The van der Waals surface area contributed by atoms with E-state index in [-0.39, 0.29) is 17.4 Å². The molecule has 1 amide bonds. The fourth-order valence-electron chi connectivity index (χ4n) is 3.12. The Kier molecular flexibility index (Phi) is 3.92. The molecular formula is C17H26N2O. The van der Waals surface area contributed by atoms with Gasteiger partial charge in [0, 0.05) is 25.2 Å². The second kappa shape index (κ2) is 5.21. The average molecular weight is 274 g/mol. The van der Waals surface area contributed by atoms with Gasteiger partial charge in [0.1, 0.15) is 0 Å². The van der Waals surface area contributed by atoms with E-state index in [1.807, 2.05) is 11.8 Å². The van der Waals surface area contributed by atoms with Crippen LogP contribution in [0.3, 0.4) is 0 Å². The Morgan fingerprint density at radius 1 is 1.45 bits per heavy atom. The van der Waals surface area contributed by atoms with E-state index in [2.05, 4.69) is 32.9 Å². The standard InChI is InChI=1S/C17H26N2O/c1-6-13-9-15-16(10-14(13)11(2)18)19(12(3)20)8-7-17(15,4)5/h9-11H,6-8,18H2,1-5H3. The predicted octanol–water partition coefficient (Wildman–Crippen LogP) is 3.30. The van der Waals surface area contributed by atoms with Gasteiger partial charge in [0.05, 0.1) is 0 Å². The molecule has 1 heterocycles. The minimum Gasteiger partial charge on any atom is -0.324 e. The SMILES string of the molecule is CCc1cc2c(cc1C(C)N)N(C(C)=O)CCC2(C)C. The highest BCUT2D eigenvalue weighted by Crippen LogP contribution is 2.42. The topological polar surface area (TPSA) is 46.3 Å². The fraction of sp³-hybridized carbons (Fsp3) is 0.588. The first kappa shape index (κ1) is 15.0. The Morgan fingerprint density at radius 3 is 2.60 bits per heavy atom. The van der Waals surface area contributed by atoms with Gasteiger partial charge in [0.15, 0.2) is 0 Å². The lowest BCUT2D eigenvalue weighted by Gasteiger charge is -2.40. The highest BCUT2D eigenvalue weighted by molar-refractivity contribution is 5.93. The molecule has 2 rings (SSSR count). The molecule has 2 N–H and O–H groups in total. The molecule has 110 valence electrons. The number of fused-ring (bicyclic) bond motifs is 1. The maximum atomic E-state index is 11.9. The fourth-order valence-corrected chi connectivity index (χ4v) is 3.12. The Balaban J connectivity index is 2.67. The molecule has 1 atom stereocenters. The summed E-state index contributed by atoms with van der Waals surface area (Å²) in [6.45, 7) is 11.1. The molecule has 1 unspecified atom stereocenters. The van der Waals surface area contributed by atoms with Crippen molar-refractivity contribution in [2.45, 2.75) is 58.9 Å². The number of aryl methyl sites for hydroxylation is 1. The average Bonchev–Trinajstić information content (AvgIpc) is 2.36. The number of nitrogens with zero attached hydrogens (tertiary/aromatic N) is 1. The summed E-state index contributed by atoms with van der Waals surface area (Å²) in [5.74, 6) is 0.113. The van der Waals surface area contributed by atoms with E-state index in [1.54, 1.807) is 6.92 Å². The summed E-state index contributed by atoms with van der Waals surface area (Å²) < 4.78 is 0. The minimum atomic E-state index is -0.00547. The molecule has 3 nitrogen and oxygen atoms in total. The summed E-state index contributed by atoms with van der Waals surface area (Å²) in [7, 11) is 0. The maximum absolute atomic E-state index is 11.9. The number of benzene rings is 1. The third-order valence-corrected chi connectivity index (χ3v) is 4.49. The van der Waals surface area contributed by atoms with Gasteiger partial charge in [0.2, 0.25) is 5.91 Å². The quantitative estimate of drug-likeness (QED) is 0.899. The summed E-state index contributed by atoms with van der Waals surface area (Å²) in [5, 5.41) is 0. The monoisotopic (exact) mass is 274 g/mol. The van der Waals surface area contributed by atoms with Crippen LogP contribution in [0.4, 0.5) is 5.69 Å². The van der Waals surface area contributed by atoms with Gasteiger partial charge in [-0.05, 0) is 47.9 Å². The zero-order valence-electron chi connectivity index (χ0n) is 13.3. The van der Waals surface area contributed by atoms with Crippen LogP contribution in [0.15, 0.2) is 12.1 Å². The molecule has 0 saturated carbocycles. The van der Waals surface area contributed by atoms with Crippen LogP contribution in [0.25, 0.3) is 0 Å². The van der Waals surface area contributed by atoms with Crippen molar-refractivity contribution in [3.8, 4) is 0 Å². The van der Waals surface area contributed by atoms with Gasteiger partial charge < -0.3 is 10.6 Å². The lowest BCUT2D eigenvalue weighted by atomic mass is 9.76. The van der Waals surface area contributed by atoms with Crippen LogP contribution in [-0.4, -0.2) is 12.5 Å². The van der Waals surface area contributed by atoms with Crippen LogP contribution in [0.2, 0.25) is 0 Å². The molecule has 0 radical (unpaired) electrons. The number of amides is 1. The number of carbonyl (C=O) groups excluding carboxylic acids is 1. The van der Waals surface area contributed by atoms with Gasteiger partial charge >= 0.3 is 0 Å². The van der Waals surface area contributed by atoms with Crippen molar-refractivity contribution in [2.24, 2.45) is 5.73 Å². The summed E-state index contributed by atoms with van der Waals surface area (Å²) in [5.41, 5.74) is 11.0. The third-order valence-electron chi connectivity index (χ3n) is 4.49. The molecule has 1 aliphatic heterocycles. The van der Waals surface area contributed by atoms with Crippen molar-refractivity contribution in [3.05, 3.63) is 28.8 Å². The molecule has 1 aromatic carbocycles. The zero-order valence-corrected chi connectivity index (χ0v) is 13.3. The van der Waals surface area contributed by atoms with Crippen LogP contribution in [-0.2, 0) is 16.6 Å². The molecule has 0 bridgehead atoms. The third kappa shape index (κ3) is 2.47. The molecule has 1 aromatic rings. The number of anilines is 1. The van der Waals surface area contributed by atoms with Crippen molar-refractivity contribution in [1.82, 2.24) is 0 Å². The molecule has 0 fully saturated rings. The number of nitrogens with two attached hydrogens (primary N) is 1. The Bertz CT molecular complexity index is 532. The van der Waals surface area contributed by atoms with E-state index in [4.69, 9.17) is 5.73 Å². The van der Waals surface area contributed by atoms with Gasteiger partial charge in [-0.2, -0.15) is 0 Å². The summed E-state index contributed by atoms with van der Waals surface area (Å²) in [6, 6.07) is 4.40. The Hall–Kier alpha value is -1.35. The van der Waals surface area contributed by atoms with Gasteiger partial charge in [-0.15, -0.1) is 0 Å². The lowest BCUT2D eigenvalue weighted by molar-refractivity contribution is -0.116. The van der Waals surface area contributed by atoms with Crippen molar-refractivity contribution < 1.29 is 4.79 Å². The maximum Gasteiger partial charge on any atom is 0.223 e. The van der Waals surface area contributed by atoms with Crippen molar-refractivity contribution >= 4 is 11.6 Å². The Labute approximate surface area is 122 Å². The van der Waals surface area contributed by atoms with Gasteiger partial charge in [-0.25, -0.2) is 0 Å². The van der Waals surface area contributed by atoms with Crippen LogP contribution < -0.4 is 10.6 Å². The number of rotatable bonds is 2. The lowest BCUT2D eigenvalue weighted by Crippen LogP contribution is -2.40. The first-order valence-corrected chi connectivity index (χ1v) is 7.49. The molecule has 0 saturated heterocycles. The molecular weight excluding hydrogens is 248 g/mol. The van der Waals surface area contributed by atoms with Crippen LogP contribution >= 0.6 is 0 Å². The molecule has 0 aromatic heterocycles. The summed E-state index contributed by atoms with van der Waals surface area (Å²) in [4.78, 5) is 13.8. The second-order valence-corrected chi connectivity index (χ2v) is 6.51. The Morgan fingerprint density at radius 2 is 2.10 bits per heavy atom. The van der Waals surface area contributed by atoms with E-state index >= 15 is 0 Å². The molecule has 3 heteroatoms. The van der Waals surface area contributed by atoms with Gasteiger partial charge in [0.25, 0.3) is 0 Å². The van der Waals surface area contributed by atoms with E-state index < -0.39 is 0 Å². The van der Waals surface area contributed by atoms with Crippen LogP contribution in [0, 0.1) is 0 Å². The van der Waals surface area contributed by atoms with Crippen LogP contribution in [0.5, 0.6) is 0 Å². The second-order valence-electron chi connectivity index (χ2n) is 6.51. The normalized spacial score (nSPS) is 18.6. The number of carbonyl (C=O) groups is 1.